The van der Waals surface area contributed by atoms with E-state index in [0.717, 1.165) is 16.5 Å². The number of carbonyl (C=O) groups excluding carboxylic acids is 1. The largest absolute Gasteiger partial charge is 0.305 e. The second kappa shape index (κ2) is 4.42. The van der Waals surface area contributed by atoms with Crippen LogP contribution < -0.4 is 5.32 Å². The van der Waals surface area contributed by atoms with Gasteiger partial charge in [0.05, 0.1) is 0 Å². The van der Waals surface area contributed by atoms with Crippen LogP contribution >= 0.6 is 0 Å². The van der Waals surface area contributed by atoms with Gasteiger partial charge in [-0.05, 0) is 49.2 Å². The molecule has 2 aromatic carbocycles. The van der Waals surface area contributed by atoms with Crippen molar-refractivity contribution in [3.8, 4) is 0 Å². The molecule has 0 saturated heterocycles. The van der Waals surface area contributed by atoms with Crippen molar-refractivity contribution in [1.82, 2.24) is 5.32 Å². The molecule has 1 aliphatic carbocycles. The fourth-order valence-corrected chi connectivity index (χ4v) is 3.06. The highest BCUT2D eigenvalue weighted by Gasteiger charge is 2.38. The highest BCUT2D eigenvalue weighted by Crippen LogP contribution is 2.39. The number of benzene rings is 2. The Balaban J connectivity index is 2.15. The zero-order valence-corrected chi connectivity index (χ0v) is 12.5. The van der Waals surface area contributed by atoms with Gasteiger partial charge >= 0.3 is 0 Å². The van der Waals surface area contributed by atoms with Crippen LogP contribution in [0.3, 0.4) is 0 Å². The number of hydrogen-bond donors (Lipinski definition) is 1. The number of hydrogen-bond acceptors (Lipinski definition) is 2. The molecule has 0 bridgehead atoms. The lowest BCUT2D eigenvalue weighted by molar-refractivity contribution is 0.0920. The lowest BCUT2D eigenvalue weighted by Gasteiger charge is -2.28. The molecular weight excluding hydrogens is 246 g/mol. The fourth-order valence-electron chi connectivity index (χ4n) is 3.06. The van der Waals surface area contributed by atoms with Crippen LogP contribution in [0.25, 0.3) is 10.8 Å². The zero-order valence-electron chi connectivity index (χ0n) is 12.5. The second-order valence-electron chi connectivity index (χ2n) is 6.81. The molecule has 0 fully saturated rings. The highest BCUT2D eigenvalue weighted by molar-refractivity contribution is 6.06. The fraction of sp³-hybridized carbons (Fsp3) is 0.389. The van der Waals surface area contributed by atoms with Gasteiger partial charge in [-0.25, -0.2) is 0 Å². The van der Waals surface area contributed by atoms with Crippen LogP contribution in [0.2, 0.25) is 0 Å². The van der Waals surface area contributed by atoms with E-state index < -0.39 is 0 Å². The first-order valence-corrected chi connectivity index (χ1v) is 7.21. The molecule has 0 saturated carbocycles. The highest BCUT2D eigenvalue weighted by atomic mass is 16.1. The minimum absolute atomic E-state index is 0.000960. The van der Waals surface area contributed by atoms with Gasteiger partial charge in [0.1, 0.15) is 0 Å². The Morgan fingerprint density at radius 2 is 1.65 bits per heavy atom. The molecule has 2 aromatic rings. The van der Waals surface area contributed by atoms with E-state index in [-0.39, 0.29) is 23.3 Å². The first-order chi connectivity index (χ1) is 9.37. The van der Waals surface area contributed by atoms with Crippen molar-refractivity contribution >= 4 is 16.6 Å². The van der Waals surface area contributed by atoms with Gasteiger partial charge in [-0.15, -0.1) is 0 Å². The van der Waals surface area contributed by atoms with Gasteiger partial charge in [-0.1, -0.05) is 31.2 Å². The molecule has 0 amide bonds. The molecular formula is C18H21NO. The summed E-state index contributed by atoms with van der Waals surface area (Å²) in [6, 6.07) is 12.6. The van der Waals surface area contributed by atoms with Gasteiger partial charge in [0.15, 0.2) is 5.78 Å². The number of fused-ring (bicyclic) bond motifs is 2. The number of carbonyl (C=O) groups is 1. The maximum Gasteiger partial charge on any atom is 0.167 e. The van der Waals surface area contributed by atoms with E-state index >= 15 is 0 Å². The molecule has 1 aliphatic rings. The molecule has 0 spiro atoms. The van der Waals surface area contributed by atoms with Crippen molar-refractivity contribution in [2.24, 2.45) is 5.92 Å². The summed E-state index contributed by atoms with van der Waals surface area (Å²) >= 11 is 0. The lowest BCUT2D eigenvalue weighted by Crippen LogP contribution is -2.40. The van der Waals surface area contributed by atoms with E-state index in [2.05, 4.69) is 44.3 Å². The second-order valence-corrected chi connectivity index (χ2v) is 6.81. The molecule has 2 atom stereocenters. The van der Waals surface area contributed by atoms with Gasteiger partial charge < -0.3 is 5.32 Å². The van der Waals surface area contributed by atoms with Crippen LogP contribution in [0.1, 0.15) is 49.7 Å². The topological polar surface area (TPSA) is 29.1 Å². The molecule has 2 heteroatoms. The van der Waals surface area contributed by atoms with Crippen LogP contribution in [-0.4, -0.2) is 11.3 Å². The Labute approximate surface area is 120 Å². The van der Waals surface area contributed by atoms with Crippen molar-refractivity contribution in [3.63, 3.8) is 0 Å². The predicted molar refractivity (Wildman–Crippen MR) is 83.1 cm³/mol. The Morgan fingerprint density at radius 1 is 1.05 bits per heavy atom. The number of Topliss-reactive ketones (excluding diaryl/α,β-unsaturated/α-hetero) is 1. The third-order valence-electron chi connectivity index (χ3n) is 4.02. The predicted octanol–water partition coefficient (Wildman–Crippen LogP) is 4.10. The third kappa shape index (κ3) is 2.14. The summed E-state index contributed by atoms with van der Waals surface area (Å²) in [4.78, 5) is 12.5. The van der Waals surface area contributed by atoms with Crippen LogP contribution in [0.5, 0.6) is 0 Å². The summed E-state index contributed by atoms with van der Waals surface area (Å²) in [6.45, 7) is 8.45. The van der Waals surface area contributed by atoms with E-state index in [1.54, 1.807) is 0 Å². The van der Waals surface area contributed by atoms with E-state index in [9.17, 15) is 4.79 Å². The van der Waals surface area contributed by atoms with Crippen LogP contribution in [-0.2, 0) is 0 Å². The number of nitrogens with one attached hydrogen (secondary N) is 1. The monoisotopic (exact) mass is 267 g/mol. The molecule has 3 rings (SSSR count). The number of ketones is 1. The zero-order chi connectivity index (χ0) is 14.5. The standard InChI is InChI=1S/C18H21NO/c1-11-16(19-18(2,3)4)14-9-12-7-5-6-8-13(12)10-15(14)17(11)20/h5-11,16,19H,1-4H3. The van der Waals surface area contributed by atoms with E-state index in [4.69, 9.17) is 0 Å². The molecule has 0 aliphatic heterocycles. The van der Waals surface area contributed by atoms with Crippen molar-refractivity contribution in [1.29, 1.82) is 0 Å². The smallest absolute Gasteiger partial charge is 0.167 e. The molecule has 0 heterocycles. The van der Waals surface area contributed by atoms with Crippen molar-refractivity contribution in [2.75, 3.05) is 0 Å². The molecule has 1 N–H and O–H groups in total. The first kappa shape index (κ1) is 13.3. The van der Waals surface area contributed by atoms with E-state index in [0.29, 0.717) is 0 Å². The normalized spacial score (nSPS) is 22.3. The Kier molecular flexibility index (Phi) is 2.94. The summed E-state index contributed by atoms with van der Waals surface area (Å²) in [6.07, 6.45) is 0. The summed E-state index contributed by atoms with van der Waals surface area (Å²) in [7, 11) is 0. The molecule has 0 radical (unpaired) electrons. The molecule has 20 heavy (non-hydrogen) atoms. The van der Waals surface area contributed by atoms with Gasteiger partial charge in [-0.3, -0.25) is 4.79 Å². The quantitative estimate of drug-likeness (QED) is 0.842. The molecule has 104 valence electrons. The summed E-state index contributed by atoms with van der Waals surface area (Å²) in [5, 5.41) is 5.94. The van der Waals surface area contributed by atoms with Crippen LogP contribution in [0.4, 0.5) is 0 Å². The Bertz CT molecular complexity index is 681. The maximum atomic E-state index is 12.5. The van der Waals surface area contributed by atoms with E-state index in [1.807, 2.05) is 25.1 Å². The van der Waals surface area contributed by atoms with Crippen molar-refractivity contribution in [3.05, 3.63) is 47.5 Å². The van der Waals surface area contributed by atoms with Crippen LogP contribution in [0, 0.1) is 5.92 Å². The summed E-state index contributed by atoms with van der Waals surface area (Å²) < 4.78 is 0. The first-order valence-electron chi connectivity index (χ1n) is 7.21. The lowest BCUT2D eigenvalue weighted by atomic mass is 9.97. The van der Waals surface area contributed by atoms with Gasteiger partial charge in [0.2, 0.25) is 0 Å². The average Bonchev–Trinajstić information content (AvgIpc) is 2.60. The summed E-state index contributed by atoms with van der Waals surface area (Å²) in [5.41, 5.74) is 2.03. The Hall–Kier alpha value is -1.67. The molecule has 0 aromatic heterocycles. The van der Waals surface area contributed by atoms with E-state index in [1.165, 1.54) is 5.39 Å². The van der Waals surface area contributed by atoms with Crippen molar-refractivity contribution in [2.45, 2.75) is 39.3 Å². The minimum atomic E-state index is -0.00748. The summed E-state index contributed by atoms with van der Waals surface area (Å²) in [5.74, 6) is 0.258. The Morgan fingerprint density at radius 3 is 2.25 bits per heavy atom. The SMILES string of the molecule is CC1C(=O)c2cc3ccccc3cc2C1NC(C)(C)C. The maximum absolute atomic E-state index is 12.5. The van der Waals surface area contributed by atoms with Gasteiger partial charge in [0, 0.05) is 23.1 Å². The van der Waals surface area contributed by atoms with Crippen molar-refractivity contribution < 1.29 is 4.79 Å². The molecule has 2 unspecified atom stereocenters. The average molecular weight is 267 g/mol. The van der Waals surface area contributed by atoms with Crippen LogP contribution in [0.15, 0.2) is 36.4 Å². The molecule has 2 nitrogen and oxygen atoms in total. The minimum Gasteiger partial charge on any atom is -0.305 e. The van der Waals surface area contributed by atoms with Gasteiger partial charge in [-0.2, -0.15) is 0 Å². The third-order valence-corrected chi connectivity index (χ3v) is 4.02. The van der Waals surface area contributed by atoms with Gasteiger partial charge in [0.25, 0.3) is 0 Å². The number of rotatable bonds is 1.